The first-order valence-corrected chi connectivity index (χ1v) is 7.36. The molecule has 0 atom stereocenters. The summed E-state index contributed by atoms with van der Waals surface area (Å²) in [6.45, 7) is 3.21. The van der Waals surface area contributed by atoms with E-state index in [-0.39, 0.29) is 0 Å². The zero-order valence-electron chi connectivity index (χ0n) is 12.5. The predicted octanol–water partition coefficient (Wildman–Crippen LogP) is 2.09. The number of nitrogens with one attached hydrogen (secondary N) is 2. The van der Waals surface area contributed by atoms with Crippen LogP contribution in [0.15, 0.2) is 18.5 Å². The first-order valence-electron chi connectivity index (χ1n) is 7.36. The largest absolute Gasteiger partial charge is 0.357 e. The minimum atomic E-state index is 0.346. The Balaban J connectivity index is 1.79. The average Bonchev–Trinajstić information content (AvgIpc) is 3.17. The van der Waals surface area contributed by atoms with Crippen molar-refractivity contribution < 1.29 is 0 Å². The van der Waals surface area contributed by atoms with Crippen LogP contribution < -0.4 is 10.6 Å². The van der Waals surface area contributed by atoms with E-state index in [1.54, 1.807) is 17.9 Å². The predicted molar refractivity (Wildman–Crippen MR) is 81.6 cm³/mol. The van der Waals surface area contributed by atoms with Crippen LogP contribution in [0.5, 0.6) is 0 Å². The summed E-state index contributed by atoms with van der Waals surface area (Å²) in [6, 6.07) is 1.84. The minimum absolute atomic E-state index is 0.346. The first kappa shape index (κ1) is 13.8. The minimum Gasteiger partial charge on any atom is -0.357 e. The molecule has 2 heterocycles. The summed E-state index contributed by atoms with van der Waals surface area (Å²) in [5, 5.41) is 10.5. The average molecular weight is 287 g/mol. The summed E-state index contributed by atoms with van der Waals surface area (Å²) in [5.41, 5.74) is 0.346. The van der Waals surface area contributed by atoms with Gasteiger partial charge in [-0.3, -0.25) is 0 Å². The monoisotopic (exact) mass is 287 g/mol. The number of hydrogen-bond donors (Lipinski definition) is 2. The van der Waals surface area contributed by atoms with E-state index in [0.717, 1.165) is 6.54 Å². The second kappa shape index (κ2) is 5.67. The molecule has 21 heavy (non-hydrogen) atoms. The number of hydrogen-bond acceptors (Lipinski definition) is 6. The molecule has 1 aliphatic carbocycles. The Labute approximate surface area is 124 Å². The van der Waals surface area contributed by atoms with Crippen molar-refractivity contribution in [2.45, 2.75) is 32.6 Å². The molecule has 0 bridgehead atoms. The molecule has 0 unspecified atom stereocenters. The van der Waals surface area contributed by atoms with Gasteiger partial charge >= 0.3 is 0 Å². The molecule has 112 valence electrons. The Morgan fingerprint density at radius 2 is 1.95 bits per heavy atom. The highest BCUT2D eigenvalue weighted by Gasteiger charge is 2.28. The van der Waals surface area contributed by atoms with Crippen LogP contribution in [-0.2, 0) is 0 Å². The number of anilines is 2. The maximum atomic E-state index is 4.44. The van der Waals surface area contributed by atoms with Crippen LogP contribution in [0.25, 0.3) is 5.95 Å². The van der Waals surface area contributed by atoms with Gasteiger partial charge in [-0.25, -0.2) is 4.68 Å². The second-order valence-electron chi connectivity index (χ2n) is 5.85. The highest BCUT2D eigenvalue weighted by atomic mass is 15.4. The summed E-state index contributed by atoms with van der Waals surface area (Å²) in [6.07, 6.45) is 8.67. The highest BCUT2D eigenvalue weighted by Crippen LogP contribution is 2.37. The van der Waals surface area contributed by atoms with E-state index in [1.807, 2.05) is 12.3 Å². The molecule has 1 fully saturated rings. The van der Waals surface area contributed by atoms with E-state index in [4.69, 9.17) is 0 Å². The molecular formula is C14H21N7. The second-order valence-corrected chi connectivity index (χ2v) is 5.85. The summed E-state index contributed by atoms with van der Waals surface area (Å²) in [4.78, 5) is 13.1. The van der Waals surface area contributed by atoms with Crippen molar-refractivity contribution in [3.63, 3.8) is 0 Å². The van der Waals surface area contributed by atoms with E-state index >= 15 is 0 Å². The maximum Gasteiger partial charge on any atom is 0.257 e. The standard InChI is InChI=1S/C14H21N7/c1-14(6-3-4-7-14)10-16-12-18-11(15-2)19-13(20-12)21-9-5-8-17-21/h5,8-9H,3-4,6-7,10H2,1-2H3,(H2,15,16,18,19,20). The van der Waals surface area contributed by atoms with Gasteiger partial charge in [-0.1, -0.05) is 19.8 Å². The molecule has 0 aromatic carbocycles. The van der Waals surface area contributed by atoms with E-state index in [2.05, 4.69) is 37.6 Å². The van der Waals surface area contributed by atoms with Crippen LogP contribution in [0.3, 0.4) is 0 Å². The topological polar surface area (TPSA) is 80.5 Å². The molecule has 2 aromatic heterocycles. The van der Waals surface area contributed by atoms with Gasteiger partial charge in [0.05, 0.1) is 0 Å². The summed E-state index contributed by atoms with van der Waals surface area (Å²) in [5.74, 6) is 1.64. The van der Waals surface area contributed by atoms with Gasteiger partial charge in [0.1, 0.15) is 0 Å². The van der Waals surface area contributed by atoms with Gasteiger partial charge in [0.2, 0.25) is 11.9 Å². The number of nitrogens with zero attached hydrogens (tertiary/aromatic N) is 5. The lowest BCUT2D eigenvalue weighted by Gasteiger charge is -2.23. The fourth-order valence-electron chi connectivity index (χ4n) is 2.74. The summed E-state index contributed by atoms with van der Waals surface area (Å²) in [7, 11) is 1.80. The number of rotatable bonds is 5. The molecule has 2 aromatic rings. The van der Waals surface area contributed by atoms with E-state index in [0.29, 0.717) is 23.3 Å². The third-order valence-electron chi connectivity index (χ3n) is 4.04. The molecule has 0 spiro atoms. The molecule has 1 saturated carbocycles. The van der Waals surface area contributed by atoms with Crippen LogP contribution in [0.1, 0.15) is 32.6 Å². The fourth-order valence-corrected chi connectivity index (χ4v) is 2.74. The van der Waals surface area contributed by atoms with E-state index in [9.17, 15) is 0 Å². The quantitative estimate of drug-likeness (QED) is 0.876. The van der Waals surface area contributed by atoms with Gasteiger partial charge in [0.25, 0.3) is 5.95 Å². The van der Waals surface area contributed by atoms with Crippen molar-refractivity contribution in [2.75, 3.05) is 24.2 Å². The van der Waals surface area contributed by atoms with Crippen LogP contribution in [-0.4, -0.2) is 38.3 Å². The SMILES string of the molecule is CNc1nc(NCC2(C)CCCC2)nc(-n2cccn2)n1. The van der Waals surface area contributed by atoms with Crippen molar-refractivity contribution in [3.8, 4) is 5.95 Å². The molecule has 0 aliphatic heterocycles. The Hall–Kier alpha value is -2.18. The van der Waals surface area contributed by atoms with E-state index in [1.165, 1.54) is 25.7 Å². The van der Waals surface area contributed by atoms with Crippen molar-refractivity contribution in [3.05, 3.63) is 18.5 Å². The zero-order chi connectivity index (χ0) is 14.7. The maximum absolute atomic E-state index is 4.44. The van der Waals surface area contributed by atoms with Crippen molar-refractivity contribution in [1.29, 1.82) is 0 Å². The lowest BCUT2D eigenvalue weighted by atomic mass is 9.89. The molecule has 2 N–H and O–H groups in total. The molecule has 7 nitrogen and oxygen atoms in total. The van der Waals surface area contributed by atoms with Gasteiger partial charge in [-0.15, -0.1) is 0 Å². The molecule has 0 radical (unpaired) electrons. The molecular weight excluding hydrogens is 266 g/mol. The fraction of sp³-hybridized carbons (Fsp3) is 0.571. The Kier molecular flexibility index (Phi) is 3.72. The van der Waals surface area contributed by atoms with Crippen LogP contribution in [0.4, 0.5) is 11.9 Å². The lowest BCUT2D eigenvalue weighted by molar-refractivity contribution is 0.361. The lowest BCUT2D eigenvalue weighted by Crippen LogP contribution is -2.24. The Bertz CT molecular complexity index is 587. The third-order valence-corrected chi connectivity index (χ3v) is 4.04. The molecule has 7 heteroatoms. The van der Waals surface area contributed by atoms with Crippen molar-refractivity contribution in [2.24, 2.45) is 5.41 Å². The first-order chi connectivity index (χ1) is 10.2. The Morgan fingerprint density at radius 3 is 2.62 bits per heavy atom. The van der Waals surface area contributed by atoms with Gasteiger partial charge in [0.15, 0.2) is 0 Å². The Morgan fingerprint density at radius 1 is 1.19 bits per heavy atom. The van der Waals surface area contributed by atoms with Crippen LogP contribution in [0.2, 0.25) is 0 Å². The van der Waals surface area contributed by atoms with Crippen molar-refractivity contribution in [1.82, 2.24) is 24.7 Å². The summed E-state index contributed by atoms with van der Waals surface area (Å²) < 4.78 is 1.63. The third kappa shape index (κ3) is 3.12. The van der Waals surface area contributed by atoms with Crippen LogP contribution >= 0.6 is 0 Å². The zero-order valence-corrected chi connectivity index (χ0v) is 12.5. The van der Waals surface area contributed by atoms with Crippen molar-refractivity contribution >= 4 is 11.9 Å². The normalized spacial score (nSPS) is 16.9. The smallest absolute Gasteiger partial charge is 0.257 e. The molecule has 3 rings (SSSR count). The van der Waals surface area contributed by atoms with Gasteiger partial charge in [0, 0.05) is 26.0 Å². The number of aromatic nitrogens is 5. The van der Waals surface area contributed by atoms with Gasteiger partial charge < -0.3 is 10.6 Å². The highest BCUT2D eigenvalue weighted by molar-refractivity contribution is 5.37. The summed E-state index contributed by atoms with van der Waals surface area (Å²) >= 11 is 0. The van der Waals surface area contributed by atoms with E-state index < -0.39 is 0 Å². The molecule has 1 aliphatic rings. The van der Waals surface area contributed by atoms with Gasteiger partial charge in [-0.2, -0.15) is 20.1 Å². The molecule has 0 amide bonds. The van der Waals surface area contributed by atoms with Crippen LogP contribution in [0, 0.1) is 5.41 Å². The van der Waals surface area contributed by atoms with Gasteiger partial charge in [-0.05, 0) is 24.3 Å². The molecule has 0 saturated heterocycles.